The van der Waals surface area contributed by atoms with E-state index < -0.39 is 0 Å². The fourth-order valence-electron chi connectivity index (χ4n) is 6.17. The lowest BCUT2D eigenvalue weighted by molar-refractivity contribution is -0.119. The SMILES string of the molecule is COc1nc(-c2cccc(-c3cccc(-c4ccc5c(CN(C)CCO)cn(C)c5n4)c3Cl)c2Cl)ccc1CNC[C@H]1CCC(=O)N1. The van der Waals surface area contributed by atoms with Crippen LogP contribution in [0.4, 0.5) is 0 Å². The van der Waals surface area contributed by atoms with Crippen molar-refractivity contribution in [1.82, 2.24) is 30.1 Å². The molecule has 1 saturated heterocycles. The van der Waals surface area contributed by atoms with Crippen LogP contribution in [-0.2, 0) is 24.9 Å². The van der Waals surface area contributed by atoms with Crippen LogP contribution in [0.15, 0.2) is 66.9 Å². The van der Waals surface area contributed by atoms with Gasteiger partial charge in [-0.3, -0.25) is 9.69 Å². The number of pyridine rings is 2. The van der Waals surface area contributed by atoms with E-state index in [4.69, 9.17) is 37.9 Å². The van der Waals surface area contributed by atoms with Crippen molar-refractivity contribution in [3.8, 4) is 39.5 Å². The zero-order chi connectivity index (χ0) is 33.1. The number of fused-ring (bicyclic) bond motifs is 1. The Morgan fingerprint density at radius 1 is 0.979 bits per heavy atom. The first-order valence-electron chi connectivity index (χ1n) is 15.6. The molecule has 1 aliphatic rings. The van der Waals surface area contributed by atoms with Crippen LogP contribution in [0.1, 0.15) is 24.0 Å². The van der Waals surface area contributed by atoms with E-state index in [9.17, 15) is 9.90 Å². The van der Waals surface area contributed by atoms with Crippen molar-refractivity contribution in [3.05, 3.63) is 88.0 Å². The predicted molar refractivity (Wildman–Crippen MR) is 188 cm³/mol. The first kappa shape index (κ1) is 32.9. The summed E-state index contributed by atoms with van der Waals surface area (Å²) in [6.07, 6.45) is 3.50. The number of benzene rings is 2. The molecule has 0 aliphatic carbocycles. The number of aliphatic hydroxyl groups excluding tert-OH is 1. The van der Waals surface area contributed by atoms with Gasteiger partial charge in [0.05, 0.1) is 35.1 Å². The lowest BCUT2D eigenvalue weighted by Gasteiger charge is -2.16. The lowest BCUT2D eigenvalue weighted by Crippen LogP contribution is -2.35. The van der Waals surface area contributed by atoms with Gasteiger partial charge in [0, 0.05) is 85.1 Å². The van der Waals surface area contributed by atoms with E-state index in [1.165, 1.54) is 0 Å². The highest BCUT2D eigenvalue weighted by atomic mass is 35.5. The highest BCUT2D eigenvalue weighted by molar-refractivity contribution is 6.39. The third-order valence-corrected chi connectivity index (χ3v) is 9.40. The van der Waals surface area contributed by atoms with Gasteiger partial charge >= 0.3 is 0 Å². The molecule has 5 aromatic rings. The maximum atomic E-state index is 11.5. The smallest absolute Gasteiger partial charge is 0.220 e. The molecule has 0 radical (unpaired) electrons. The molecule has 47 heavy (non-hydrogen) atoms. The Morgan fingerprint density at radius 2 is 1.64 bits per heavy atom. The highest BCUT2D eigenvalue weighted by Crippen LogP contribution is 2.42. The van der Waals surface area contributed by atoms with Gasteiger partial charge in [-0.1, -0.05) is 65.7 Å². The van der Waals surface area contributed by atoms with E-state index >= 15 is 0 Å². The monoisotopic (exact) mass is 672 g/mol. The summed E-state index contributed by atoms with van der Waals surface area (Å²) in [5.41, 5.74) is 7.52. The summed E-state index contributed by atoms with van der Waals surface area (Å²) in [6, 6.07) is 19.9. The number of nitrogens with one attached hydrogen (secondary N) is 2. The number of aliphatic hydroxyl groups is 1. The number of methoxy groups -OCH3 is 1. The molecular weight excluding hydrogens is 635 g/mol. The van der Waals surface area contributed by atoms with Crippen LogP contribution in [-0.4, -0.2) is 70.3 Å². The van der Waals surface area contributed by atoms with Gasteiger partial charge < -0.3 is 25.0 Å². The average Bonchev–Trinajstić information content (AvgIpc) is 3.62. The first-order chi connectivity index (χ1) is 22.8. The van der Waals surface area contributed by atoms with Crippen molar-refractivity contribution in [2.24, 2.45) is 7.05 Å². The second-order valence-electron chi connectivity index (χ2n) is 11.9. The molecule has 0 unspecified atom stereocenters. The van der Waals surface area contributed by atoms with Crippen LogP contribution in [0.3, 0.4) is 0 Å². The molecule has 3 N–H and O–H groups in total. The molecule has 1 aliphatic heterocycles. The summed E-state index contributed by atoms with van der Waals surface area (Å²) < 4.78 is 7.67. The molecule has 1 atom stereocenters. The zero-order valence-corrected chi connectivity index (χ0v) is 28.2. The molecule has 6 rings (SSSR count). The molecule has 3 aromatic heterocycles. The van der Waals surface area contributed by atoms with Gasteiger partial charge in [0.25, 0.3) is 0 Å². The fourth-order valence-corrected chi connectivity index (χ4v) is 6.82. The molecule has 11 heteroatoms. The number of ether oxygens (including phenoxy) is 1. The topological polar surface area (TPSA) is 105 Å². The van der Waals surface area contributed by atoms with E-state index in [0.717, 1.165) is 56.5 Å². The number of carbonyl (C=O) groups excluding carboxylic acids is 1. The number of aryl methyl sites for hydroxylation is 1. The first-order valence-corrected chi connectivity index (χ1v) is 16.4. The van der Waals surface area contributed by atoms with Crippen molar-refractivity contribution in [3.63, 3.8) is 0 Å². The Bertz CT molecular complexity index is 1930. The van der Waals surface area contributed by atoms with Crippen LogP contribution in [0.2, 0.25) is 10.0 Å². The van der Waals surface area contributed by atoms with Crippen molar-refractivity contribution >= 4 is 40.1 Å². The van der Waals surface area contributed by atoms with Crippen LogP contribution >= 0.6 is 23.2 Å². The Balaban J connectivity index is 1.27. The second-order valence-corrected chi connectivity index (χ2v) is 12.7. The number of nitrogens with zero attached hydrogens (tertiary/aromatic N) is 4. The number of amides is 1. The normalized spacial score (nSPS) is 14.7. The molecule has 1 amide bonds. The van der Waals surface area contributed by atoms with Crippen molar-refractivity contribution in [2.45, 2.75) is 32.0 Å². The van der Waals surface area contributed by atoms with E-state index in [2.05, 4.69) is 27.8 Å². The maximum absolute atomic E-state index is 11.5. The average molecular weight is 674 g/mol. The van der Waals surface area contributed by atoms with E-state index in [0.29, 0.717) is 54.2 Å². The van der Waals surface area contributed by atoms with Gasteiger partial charge in [-0.2, -0.15) is 0 Å². The molecule has 0 saturated carbocycles. The fraction of sp³-hybridized carbons (Fsp3) is 0.306. The molecule has 2 aromatic carbocycles. The number of carbonyl (C=O) groups is 1. The molecule has 0 bridgehead atoms. The largest absolute Gasteiger partial charge is 0.481 e. The van der Waals surface area contributed by atoms with Crippen molar-refractivity contribution < 1.29 is 14.6 Å². The summed E-state index contributed by atoms with van der Waals surface area (Å²) in [7, 11) is 5.58. The van der Waals surface area contributed by atoms with E-state index in [1.54, 1.807) is 7.11 Å². The lowest BCUT2D eigenvalue weighted by atomic mass is 9.98. The summed E-state index contributed by atoms with van der Waals surface area (Å²) in [5, 5.41) is 17.8. The highest BCUT2D eigenvalue weighted by Gasteiger charge is 2.21. The van der Waals surface area contributed by atoms with Gasteiger partial charge in [0.2, 0.25) is 11.8 Å². The van der Waals surface area contributed by atoms with E-state index in [1.807, 2.05) is 73.3 Å². The third kappa shape index (κ3) is 7.00. The summed E-state index contributed by atoms with van der Waals surface area (Å²) in [5.74, 6) is 0.615. The molecule has 0 spiro atoms. The zero-order valence-electron chi connectivity index (χ0n) is 26.7. The van der Waals surface area contributed by atoms with Crippen molar-refractivity contribution in [1.29, 1.82) is 0 Å². The number of hydrogen-bond donors (Lipinski definition) is 3. The number of rotatable bonds is 12. The maximum Gasteiger partial charge on any atom is 0.220 e. The van der Waals surface area contributed by atoms with Gasteiger partial charge in [0.15, 0.2) is 0 Å². The van der Waals surface area contributed by atoms with Crippen LogP contribution in [0.5, 0.6) is 5.88 Å². The van der Waals surface area contributed by atoms with Gasteiger partial charge in [-0.15, -0.1) is 0 Å². The summed E-state index contributed by atoms with van der Waals surface area (Å²) in [4.78, 5) is 23.4. The number of hydrogen-bond acceptors (Lipinski definition) is 7. The van der Waals surface area contributed by atoms with Crippen molar-refractivity contribution in [2.75, 3.05) is 33.9 Å². The molecule has 9 nitrogen and oxygen atoms in total. The Morgan fingerprint density at radius 3 is 2.28 bits per heavy atom. The molecule has 1 fully saturated rings. The number of aromatic nitrogens is 3. The summed E-state index contributed by atoms with van der Waals surface area (Å²) >= 11 is 14.2. The predicted octanol–water partition coefficient (Wildman–Crippen LogP) is 6.08. The van der Waals surface area contributed by atoms with Gasteiger partial charge in [-0.05, 0) is 37.2 Å². The quantitative estimate of drug-likeness (QED) is 0.148. The minimum absolute atomic E-state index is 0.103. The van der Waals surface area contributed by atoms with Crippen LogP contribution in [0.25, 0.3) is 44.7 Å². The minimum Gasteiger partial charge on any atom is -0.481 e. The van der Waals surface area contributed by atoms with Gasteiger partial charge in [-0.25, -0.2) is 9.97 Å². The summed E-state index contributed by atoms with van der Waals surface area (Å²) in [6.45, 7) is 2.67. The second kappa shape index (κ2) is 14.4. The van der Waals surface area contributed by atoms with Crippen LogP contribution in [0, 0.1) is 0 Å². The van der Waals surface area contributed by atoms with E-state index in [-0.39, 0.29) is 18.6 Å². The number of halogens is 2. The Labute approximate surface area is 284 Å². The molecular formula is C36H38Cl2N6O3. The minimum atomic E-state index is 0.103. The van der Waals surface area contributed by atoms with Gasteiger partial charge in [0.1, 0.15) is 5.65 Å². The standard InChI is InChI=1S/C36H38Cl2N6O3/c1-43(16-17-45)20-23-21-44(2)35-25(23)12-14-30(41-35)28-8-4-6-26(33(28)37)27-7-5-9-29(34(27)38)31-13-10-22(36(42-31)47-3)18-39-19-24-11-15-32(46)40-24/h4-10,12-14,21,24,39,45H,11,15-20H2,1-3H3,(H,40,46)/t24-/m1/s1. The van der Waals surface area contributed by atoms with Crippen LogP contribution < -0.4 is 15.4 Å². The Hall–Kier alpha value is -3.99. The molecule has 244 valence electrons. The third-order valence-electron chi connectivity index (χ3n) is 8.59. The Kier molecular flexibility index (Phi) is 10.1. The number of likely N-dealkylation sites (N-methyl/N-ethyl adjacent to an activating group) is 1. The molecule has 4 heterocycles.